The van der Waals surface area contributed by atoms with E-state index in [1.165, 1.54) is 36.2 Å². The molecule has 1 saturated heterocycles. The van der Waals surface area contributed by atoms with Gasteiger partial charge in [-0.3, -0.25) is 0 Å². The fraction of sp³-hybridized carbons (Fsp3) is 0.333. The highest BCUT2D eigenvalue weighted by atomic mass is 35.5. The van der Waals surface area contributed by atoms with Crippen LogP contribution in [0, 0.1) is 5.82 Å². The van der Waals surface area contributed by atoms with Gasteiger partial charge in [0.2, 0.25) is 0 Å². The number of alkyl halides is 3. The minimum Gasteiger partial charge on any atom is -0.485 e. The topological polar surface area (TPSA) is 33.7 Å². The van der Waals surface area contributed by atoms with Crippen molar-refractivity contribution < 1.29 is 27.0 Å². The lowest BCUT2D eigenvalue weighted by Crippen LogP contribution is -2.54. The largest absolute Gasteiger partial charge is 0.485 e. The predicted molar refractivity (Wildman–Crippen MR) is 108 cm³/mol. The Morgan fingerprint density at radius 2 is 1.83 bits per heavy atom. The first kappa shape index (κ1) is 22.0. The first-order chi connectivity index (χ1) is 13.7. The Labute approximate surface area is 179 Å². The fourth-order valence-corrected chi connectivity index (χ4v) is 3.49. The summed E-state index contributed by atoms with van der Waals surface area (Å²) in [5.74, 6) is -0.271. The number of rotatable bonds is 7. The van der Waals surface area contributed by atoms with Crippen LogP contribution in [0.25, 0.3) is 0 Å². The number of hydrogen-bond donors (Lipinski definition) is 1. The maximum atomic E-state index is 14.0. The molecule has 11 heteroatoms. The van der Waals surface area contributed by atoms with Gasteiger partial charge in [-0.2, -0.15) is 13.2 Å². The predicted octanol–water partition coefficient (Wildman–Crippen LogP) is 6.03. The van der Waals surface area contributed by atoms with E-state index in [0.29, 0.717) is 18.8 Å². The minimum absolute atomic E-state index is 0.0396. The van der Waals surface area contributed by atoms with Crippen LogP contribution in [0.4, 0.5) is 28.9 Å². The summed E-state index contributed by atoms with van der Waals surface area (Å²) in [5, 5.41) is 0.369. The molecule has 0 spiro atoms. The van der Waals surface area contributed by atoms with Gasteiger partial charge in [0.25, 0.3) is 0 Å². The average Bonchev–Trinajstić information content (AvgIpc) is 2.60. The van der Waals surface area contributed by atoms with Crippen molar-refractivity contribution in [1.29, 1.82) is 0 Å². The standard InChI is InChI=1S/C18H16Cl2F4N2O2S/c1-29-25-15-5-13(20)17(6-14(15)21)28-11-7-26(8-11)10-2-3-16(12(19)4-10)27-9-18(22,23)24/h2-6,11,25H,7-9H2,1H3. The SMILES string of the molecule is CSNc1cc(Cl)c(OC2CN(c3ccc(OCC(F)(F)F)c(Cl)c3)C2)cc1F. The first-order valence-electron chi connectivity index (χ1n) is 8.35. The van der Waals surface area contributed by atoms with E-state index in [1.54, 1.807) is 12.3 Å². The van der Waals surface area contributed by atoms with Gasteiger partial charge in [-0.25, -0.2) is 4.39 Å². The Morgan fingerprint density at radius 3 is 2.45 bits per heavy atom. The van der Waals surface area contributed by atoms with Gasteiger partial charge in [-0.1, -0.05) is 35.1 Å². The number of anilines is 2. The van der Waals surface area contributed by atoms with Crippen LogP contribution in [0.5, 0.6) is 11.5 Å². The second-order valence-corrected chi connectivity index (χ2v) is 7.66. The number of nitrogens with zero attached hydrogens (tertiary/aromatic N) is 1. The average molecular weight is 471 g/mol. The molecule has 0 bridgehead atoms. The van der Waals surface area contributed by atoms with E-state index in [4.69, 9.17) is 27.9 Å². The van der Waals surface area contributed by atoms with E-state index in [2.05, 4.69) is 9.46 Å². The van der Waals surface area contributed by atoms with Crippen molar-refractivity contribution in [2.75, 3.05) is 35.6 Å². The van der Waals surface area contributed by atoms with Crippen LogP contribution in [0.3, 0.4) is 0 Å². The third-order valence-corrected chi connectivity index (χ3v) is 5.06. The molecule has 1 aliphatic heterocycles. The van der Waals surface area contributed by atoms with E-state index >= 15 is 0 Å². The first-order valence-corrected chi connectivity index (χ1v) is 10.3. The zero-order valence-corrected chi connectivity index (χ0v) is 17.4. The number of benzene rings is 2. The molecule has 29 heavy (non-hydrogen) atoms. The highest BCUT2D eigenvalue weighted by Gasteiger charge is 2.31. The Hall–Kier alpha value is -1.71. The molecular weight excluding hydrogens is 455 g/mol. The molecule has 1 heterocycles. The van der Waals surface area contributed by atoms with Crippen LogP contribution in [-0.4, -0.2) is 38.2 Å². The number of nitrogens with one attached hydrogen (secondary N) is 1. The second kappa shape index (κ2) is 8.97. The van der Waals surface area contributed by atoms with Crippen LogP contribution in [0.1, 0.15) is 0 Å². The molecule has 0 aromatic heterocycles. The molecule has 0 aliphatic carbocycles. The van der Waals surface area contributed by atoms with Gasteiger partial charge in [-0.15, -0.1) is 0 Å². The molecule has 0 saturated carbocycles. The summed E-state index contributed by atoms with van der Waals surface area (Å²) in [4.78, 5) is 1.91. The second-order valence-electron chi connectivity index (χ2n) is 6.23. The van der Waals surface area contributed by atoms with Gasteiger partial charge >= 0.3 is 6.18 Å². The Bertz CT molecular complexity index is 880. The molecule has 158 valence electrons. The zero-order valence-electron chi connectivity index (χ0n) is 15.0. The van der Waals surface area contributed by atoms with Crippen LogP contribution in [-0.2, 0) is 0 Å². The number of hydrogen-bond acceptors (Lipinski definition) is 5. The van der Waals surface area contributed by atoms with Gasteiger partial charge in [0, 0.05) is 18.0 Å². The highest BCUT2D eigenvalue weighted by Crippen LogP contribution is 2.35. The Morgan fingerprint density at radius 1 is 1.14 bits per heavy atom. The lowest BCUT2D eigenvalue weighted by atomic mass is 10.1. The Balaban J connectivity index is 1.57. The van der Waals surface area contributed by atoms with E-state index < -0.39 is 18.6 Å². The lowest BCUT2D eigenvalue weighted by Gasteiger charge is -2.41. The van der Waals surface area contributed by atoms with Gasteiger partial charge in [-0.05, 0) is 24.3 Å². The third-order valence-electron chi connectivity index (χ3n) is 4.05. The summed E-state index contributed by atoms with van der Waals surface area (Å²) in [6, 6.07) is 7.22. The maximum Gasteiger partial charge on any atom is 0.422 e. The van der Waals surface area contributed by atoms with E-state index in [9.17, 15) is 17.6 Å². The summed E-state index contributed by atoms with van der Waals surface area (Å²) >= 11 is 13.4. The van der Waals surface area contributed by atoms with Crippen molar-refractivity contribution in [3.8, 4) is 11.5 Å². The molecular formula is C18H16Cl2F4N2O2S. The molecule has 2 aromatic rings. The van der Waals surface area contributed by atoms with Gasteiger partial charge < -0.3 is 19.1 Å². The quantitative estimate of drug-likeness (QED) is 0.394. The fourth-order valence-electron chi connectivity index (χ4n) is 2.67. The lowest BCUT2D eigenvalue weighted by molar-refractivity contribution is -0.153. The zero-order chi connectivity index (χ0) is 21.2. The molecule has 4 nitrogen and oxygen atoms in total. The monoisotopic (exact) mass is 470 g/mol. The number of ether oxygens (including phenoxy) is 2. The highest BCUT2D eigenvalue weighted by molar-refractivity contribution is 7.99. The van der Waals surface area contributed by atoms with Crippen molar-refractivity contribution in [3.63, 3.8) is 0 Å². The van der Waals surface area contributed by atoms with Crippen molar-refractivity contribution in [1.82, 2.24) is 0 Å². The van der Waals surface area contributed by atoms with Gasteiger partial charge in [0.15, 0.2) is 12.4 Å². The molecule has 1 N–H and O–H groups in total. The van der Waals surface area contributed by atoms with E-state index in [-0.39, 0.29) is 33.3 Å². The summed E-state index contributed by atoms with van der Waals surface area (Å²) in [6.45, 7) is -0.433. The van der Waals surface area contributed by atoms with Crippen LogP contribution < -0.4 is 19.1 Å². The van der Waals surface area contributed by atoms with Crippen LogP contribution in [0.15, 0.2) is 30.3 Å². The summed E-state index contributed by atoms with van der Waals surface area (Å²) in [7, 11) is 0. The molecule has 0 atom stereocenters. The van der Waals surface area contributed by atoms with Crippen LogP contribution >= 0.6 is 35.1 Å². The van der Waals surface area contributed by atoms with Crippen molar-refractivity contribution in [2.45, 2.75) is 12.3 Å². The normalized spacial score (nSPS) is 14.5. The molecule has 1 fully saturated rings. The summed E-state index contributed by atoms with van der Waals surface area (Å²) < 4.78 is 64.0. The number of halogens is 6. The van der Waals surface area contributed by atoms with E-state index in [1.807, 2.05) is 4.90 Å². The molecule has 0 radical (unpaired) electrons. The molecule has 3 rings (SSSR count). The molecule has 2 aromatic carbocycles. The van der Waals surface area contributed by atoms with Gasteiger partial charge in [0.05, 0.1) is 28.8 Å². The smallest absolute Gasteiger partial charge is 0.422 e. The van der Waals surface area contributed by atoms with Gasteiger partial charge in [0.1, 0.15) is 17.6 Å². The summed E-state index contributed by atoms with van der Waals surface area (Å²) in [5.41, 5.74) is 0.985. The summed E-state index contributed by atoms with van der Waals surface area (Å²) in [6.07, 6.45) is -2.89. The third kappa shape index (κ3) is 5.67. The molecule has 1 aliphatic rings. The van der Waals surface area contributed by atoms with Crippen LogP contribution in [0.2, 0.25) is 10.0 Å². The van der Waals surface area contributed by atoms with Crippen molar-refractivity contribution in [2.24, 2.45) is 0 Å². The van der Waals surface area contributed by atoms with Crippen molar-refractivity contribution in [3.05, 3.63) is 46.2 Å². The molecule has 0 amide bonds. The Kier molecular flexibility index (Phi) is 6.80. The van der Waals surface area contributed by atoms with Crippen molar-refractivity contribution >= 4 is 46.5 Å². The minimum atomic E-state index is -4.44. The molecule has 0 unspecified atom stereocenters. The van der Waals surface area contributed by atoms with E-state index in [0.717, 1.165) is 0 Å². The maximum absolute atomic E-state index is 14.0.